The van der Waals surface area contributed by atoms with Crippen LogP contribution in [0, 0.1) is 12.7 Å². The zero-order valence-corrected chi connectivity index (χ0v) is 15.9. The highest BCUT2D eigenvalue weighted by molar-refractivity contribution is 8.00. The molecule has 0 saturated carbocycles. The number of benzene rings is 2. The van der Waals surface area contributed by atoms with Crippen LogP contribution in [-0.4, -0.2) is 35.7 Å². The lowest BCUT2D eigenvalue weighted by molar-refractivity contribution is 0.603. The van der Waals surface area contributed by atoms with Crippen LogP contribution in [0.1, 0.15) is 5.56 Å². The smallest absolute Gasteiger partial charge is 0.266 e. The topological polar surface area (TPSA) is 69.0 Å². The van der Waals surface area contributed by atoms with Crippen molar-refractivity contribution in [3.8, 4) is 5.69 Å². The van der Waals surface area contributed by atoms with Gasteiger partial charge in [0.25, 0.3) is 5.56 Å². The summed E-state index contributed by atoms with van der Waals surface area (Å²) in [7, 11) is -3.13. The molecule has 26 heavy (non-hydrogen) atoms. The number of aromatic nitrogens is 2. The van der Waals surface area contributed by atoms with Gasteiger partial charge >= 0.3 is 0 Å². The molecule has 3 aromatic rings. The molecule has 3 rings (SSSR count). The number of thioether (sulfide) groups is 1. The van der Waals surface area contributed by atoms with Gasteiger partial charge in [-0.05, 0) is 36.8 Å². The first-order chi connectivity index (χ1) is 12.3. The molecule has 0 unspecified atom stereocenters. The maximum atomic E-state index is 14.0. The third kappa shape index (κ3) is 3.96. The number of para-hydroxylation sites is 1. The fourth-order valence-corrected chi connectivity index (χ4v) is 4.65. The molecule has 0 fully saturated rings. The minimum absolute atomic E-state index is 0.0391. The van der Waals surface area contributed by atoms with E-state index >= 15 is 0 Å². The molecule has 0 bridgehead atoms. The molecule has 1 aromatic heterocycles. The zero-order valence-electron chi connectivity index (χ0n) is 14.3. The quantitative estimate of drug-likeness (QED) is 0.493. The second kappa shape index (κ2) is 7.20. The summed E-state index contributed by atoms with van der Waals surface area (Å²) in [6.07, 6.45) is 1.16. The number of hydrogen-bond donors (Lipinski definition) is 0. The largest absolute Gasteiger partial charge is 0.268 e. The van der Waals surface area contributed by atoms with Crippen LogP contribution >= 0.6 is 11.8 Å². The van der Waals surface area contributed by atoms with Crippen molar-refractivity contribution in [2.75, 3.05) is 17.8 Å². The van der Waals surface area contributed by atoms with Crippen molar-refractivity contribution in [3.63, 3.8) is 0 Å². The summed E-state index contributed by atoms with van der Waals surface area (Å²) in [5.74, 6) is -0.213. The lowest BCUT2D eigenvalue weighted by Crippen LogP contribution is -2.22. The molecule has 0 spiro atoms. The Morgan fingerprint density at radius 1 is 1.19 bits per heavy atom. The average Bonchev–Trinajstić information content (AvgIpc) is 2.57. The summed E-state index contributed by atoms with van der Waals surface area (Å²) in [5, 5.41) is 0.751. The highest BCUT2D eigenvalue weighted by Crippen LogP contribution is 2.22. The molecule has 0 aliphatic carbocycles. The summed E-state index contributed by atoms with van der Waals surface area (Å²) in [5.41, 5.74) is 1.03. The Labute approximate surface area is 154 Å². The monoisotopic (exact) mass is 392 g/mol. The number of sulfone groups is 1. The predicted molar refractivity (Wildman–Crippen MR) is 102 cm³/mol. The van der Waals surface area contributed by atoms with E-state index < -0.39 is 15.7 Å². The normalized spacial score (nSPS) is 11.8. The molecule has 0 atom stereocenters. The Morgan fingerprint density at radius 2 is 1.92 bits per heavy atom. The van der Waals surface area contributed by atoms with E-state index in [4.69, 9.17) is 0 Å². The summed E-state index contributed by atoms with van der Waals surface area (Å²) in [4.78, 5) is 17.5. The Hall–Kier alpha value is -2.19. The predicted octanol–water partition coefficient (Wildman–Crippen LogP) is 2.97. The van der Waals surface area contributed by atoms with Crippen molar-refractivity contribution < 1.29 is 12.8 Å². The third-order valence-corrected chi connectivity index (χ3v) is 5.99. The third-order valence-electron chi connectivity index (χ3n) is 3.84. The van der Waals surface area contributed by atoms with E-state index in [0.717, 1.165) is 18.0 Å². The number of fused-ring (bicyclic) bond motifs is 1. The summed E-state index contributed by atoms with van der Waals surface area (Å²) in [6.45, 7) is 1.64. The fraction of sp³-hybridized carbons (Fsp3) is 0.222. The van der Waals surface area contributed by atoms with Gasteiger partial charge < -0.3 is 0 Å². The first-order valence-corrected chi connectivity index (χ1v) is 10.9. The van der Waals surface area contributed by atoms with Crippen LogP contribution in [0.4, 0.5) is 4.39 Å². The molecule has 136 valence electrons. The standard InChI is InChI=1S/C18H17FN2O3S2/c1-12-7-8-13(11-15(12)19)21-17(22)14-5-3-4-6-16(14)20-18(21)25-9-10-26(2,23)24/h3-8,11H,9-10H2,1-2H3. The molecule has 0 aliphatic heterocycles. The van der Waals surface area contributed by atoms with Crippen molar-refractivity contribution in [2.24, 2.45) is 0 Å². The van der Waals surface area contributed by atoms with Gasteiger partial charge in [-0.1, -0.05) is 30.0 Å². The van der Waals surface area contributed by atoms with Gasteiger partial charge in [0.15, 0.2) is 5.16 Å². The molecule has 0 radical (unpaired) electrons. The van der Waals surface area contributed by atoms with E-state index in [0.29, 0.717) is 27.3 Å². The van der Waals surface area contributed by atoms with Gasteiger partial charge in [0, 0.05) is 12.0 Å². The fourth-order valence-electron chi connectivity index (χ4n) is 2.44. The molecular formula is C18H17FN2O3S2. The van der Waals surface area contributed by atoms with E-state index in [1.807, 2.05) is 0 Å². The zero-order chi connectivity index (χ0) is 18.9. The van der Waals surface area contributed by atoms with Crippen LogP contribution in [0.3, 0.4) is 0 Å². The lowest BCUT2D eigenvalue weighted by Gasteiger charge is -2.13. The minimum atomic E-state index is -3.13. The maximum Gasteiger partial charge on any atom is 0.266 e. The summed E-state index contributed by atoms with van der Waals surface area (Å²) < 4.78 is 38.1. The number of nitrogens with zero attached hydrogens (tertiary/aromatic N) is 2. The Morgan fingerprint density at radius 3 is 2.62 bits per heavy atom. The Kier molecular flexibility index (Phi) is 5.15. The van der Waals surface area contributed by atoms with Gasteiger partial charge in [0.2, 0.25) is 0 Å². The van der Waals surface area contributed by atoms with Crippen LogP contribution in [0.25, 0.3) is 16.6 Å². The number of rotatable bonds is 5. The van der Waals surface area contributed by atoms with Crippen molar-refractivity contribution in [3.05, 3.63) is 64.2 Å². The highest BCUT2D eigenvalue weighted by atomic mass is 32.2. The molecule has 0 aliphatic rings. The van der Waals surface area contributed by atoms with Crippen molar-refractivity contribution in [2.45, 2.75) is 12.1 Å². The summed E-state index contributed by atoms with van der Waals surface area (Å²) >= 11 is 1.16. The molecule has 0 saturated heterocycles. The lowest BCUT2D eigenvalue weighted by atomic mass is 10.2. The first kappa shape index (κ1) is 18.6. The van der Waals surface area contributed by atoms with E-state index in [1.54, 1.807) is 43.3 Å². The van der Waals surface area contributed by atoms with Crippen LogP contribution in [0.5, 0.6) is 0 Å². The molecule has 8 heteroatoms. The van der Waals surface area contributed by atoms with Crippen molar-refractivity contribution in [1.29, 1.82) is 0 Å². The van der Waals surface area contributed by atoms with Crippen LogP contribution in [0.2, 0.25) is 0 Å². The molecule has 5 nitrogen and oxygen atoms in total. The Bertz CT molecular complexity index is 1140. The van der Waals surface area contributed by atoms with Gasteiger partial charge in [-0.25, -0.2) is 17.8 Å². The molecule has 2 aromatic carbocycles. The highest BCUT2D eigenvalue weighted by Gasteiger charge is 2.15. The molecule has 0 amide bonds. The second-order valence-electron chi connectivity index (χ2n) is 5.96. The van der Waals surface area contributed by atoms with Gasteiger partial charge in [-0.2, -0.15) is 0 Å². The second-order valence-corrected chi connectivity index (χ2v) is 9.29. The van der Waals surface area contributed by atoms with Crippen LogP contribution in [-0.2, 0) is 9.84 Å². The first-order valence-electron chi connectivity index (χ1n) is 7.85. The summed E-state index contributed by atoms with van der Waals surface area (Å²) in [6, 6.07) is 11.4. The van der Waals surface area contributed by atoms with Gasteiger partial charge in [0.1, 0.15) is 15.7 Å². The molecular weight excluding hydrogens is 375 g/mol. The van der Waals surface area contributed by atoms with Crippen molar-refractivity contribution >= 4 is 32.5 Å². The van der Waals surface area contributed by atoms with Crippen molar-refractivity contribution in [1.82, 2.24) is 9.55 Å². The number of halogens is 1. The Balaban J connectivity index is 2.17. The number of hydrogen-bond acceptors (Lipinski definition) is 5. The van der Waals surface area contributed by atoms with E-state index in [9.17, 15) is 17.6 Å². The molecule has 1 heterocycles. The SMILES string of the molecule is Cc1ccc(-n2c(SCCS(C)(=O)=O)nc3ccccc3c2=O)cc1F. The van der Waals surface area contributed by atoms with Crippen LogP contribution < -0.4 is 5.56 Å². The van der Waals surface area contributed by atoms with E-state index in [2.05, 4.69) is 4.98 Å². The van der Waals surface area contributed by atoms with Gasteiger partial charge in [-0.15, -0.1) is 0 Å². The van der Waals surface area contributed by atoms with E-state index in [-0.39, 0.29) is 17.1 Å². The molecule has 0 N–H and O–H groups in total. The van der Waals surface area contributed by atoms with Crippen LogP contribution in [0.15, 0.2) is 52.4 Å². The number of aryl methyl sites for hydroxylation is 1. The van der Waals surface area contributed by atoms with Gasteiger partial charge in [0.05, 0.1) is 22.3 Å². The van der Waals surface area contributed by atoms with Gasteiger partial charge in [-0.3, -0.25) is 9.36 Å². The average molecular weight is 392 g/mol. The maximum absolute atomic E-state index is 14.0. The van der Waals surface area contributed by atoms with E-state index in [1.165, 1.54) is 10.6 Å². The minimum Gasteiger partial charge on any atom is -0.268 e.